The summed E-state index contributed by atoms with van der Waals surface area (Å²) in [6, 6.07) is 10.6. The number of hydrogen-bond acceptors (Lipinski definition) is 4. The standard InChI is InChI=1S/C18H13ClN4O2/c1-25-16-6-5-13(10-22-16)23-18(24)11(8-20)7-12-9-21-15-4-2-3-14(19)17(12)15/h2-7,9-10,21H,1H3,(H,23,24). The number of rotatable bonds is 4. The molecule has 0 aliphatic carbocycles. The number of pyridine rings is 1. The molecule has 2 aromatic heterocycles. The number of benzene rings is 1. The molecule has 6 nitrogen and oxygen atoms in total. The van der Waals surface area contributed by atoms with E-state index < -0.39 is 5.91 Å². The first kappa shape index (κ1) is 16.6. The number of nitrogens with zero attached hydrogens (tertiary/aromatic N) is 2. The van der Waals surface area contributed by atoms with Crippen LogP contribution in [0.25, 0.3) is 17.0 Å². The van der Waals surface area contributed by atoms with Crippen LogP contribution in [0.5, 0.6) is 5.88 Å². The second-order valence-electron chi connectivity index (χ2n) is 5.12. The molecule has 0 fully saturated rings. The van der Waals surface area contributed by atoms with Crippen molar-refractivity contribution in [3.05, 3.63) is 58.9 Å². The Kier molecular flexibility index (Phi) is 4.68. The van der Waals surface area contributed by atoms with Crippen LogP contribution in [0.1, 0.15) is 5.56 Å². The van der Waals surface area contributed by atoms with Crippen LogP contribution in [0.4, 0.5) is 5.69 Å². The number of amides is 1. The molecule has 124 valence electrons. The summed E-state index contributed by atoms with van der Waals surface area (Å²) in [7, 11) is 1.50. The van der Waals surface area contributed by atoms with Crippen LogP contribution < -0.4 is 10.1 Å². The zero-order valence-electron chi connectivity index (χ0n) is 13.2. The first-order valence-electron chi connectivity index (χ1n) is 7.31. The number of nitriles is 1. The predicted molar refractivity (Wildman–Crippen MR) is 96.3 cm³/mol. The highest BCUT2D eigenvalue weighted by atomic mass is 35.5. The minimum absolute atomic E-state index is 0.0448. The number of carbonyl (C=O) groups is 1. The van der Waals surface area contributed by atoms with E-state index in [9.17, 15) is 10.1 Å². The predicted octanol–water partition coefficient (Wildman–Crippen LogP) is 3.77. The molecule has 0 bridgehead atoms. The average Bonchev–Trinajstić information content (AvgIpc) is 3.04. The van der Waals surface area contributed by atoms with Crippen molar-refractivity contribution in [1.29, 1.82) is 5.26 Å². The van der Waals surface area contributed by atoms with Crippen LogP contribution in [-0.2, 0) is 4.79 Å². The fourth-order valence-electron chi connectivity index (χ4n) is 2.36. The molecule has 7 heteroatoms. The highest BCUT2D eigenvalue weighted by Crippen LogP contribution is 2.28. The third-order valence-electron chi connectivity index (χ3n) is 3.55. The Labute approximate surface area is 148 Å². The van der Waals surface area contributed by atoms with Gasteiger partial charge in [-0.25, -0.2) is 4.98 Å². The van der Waals surface area contributed by atoms with Crippen LogP contribution in [-0.4, -0.2) is 23.0 Å². The average molecular weight is 353 g/mol. The van der Waals surface area contributed by atoms with Gasteiger partial charge in [-0.05, 0) is 24.3 Å². The number of hydrogen-bond donors (Lipinski definition) is 2. The largest absolute Gasteiger partial charge is 0.481 e. The van der Waals surface area contributed by atoms with Crippen molar-refractivity contribution < 1.29 is 9.53 Å². The normalized spacial score (nSPS) is 11.2. The molecule has 0 aliphatic rings. The van der Waals surface area contributed by atoms with Crippen molar-refractivity contribution in [2.24, 2.45) is 0 Å². The van der Waals surface area contributed by atoms with Gasteiger partial charge in [0, 0.05) is 28.7 Å². The summed E-state index contributed by atoms with van der Waals surface area (Å²) in [5.74, 6) is -0.0987. The van der Waals surface area contributed by atoms with Gasteiger partial charge in [-0.1, -0.05) is 17.7 Å². The number of anilines is 1. The van der Waals surface area contributed by atoms with Gasteiger partial charge in [0.25, 0.3) is 5.91 Å². The van der Waals surface area contributed by atoms with Crippen LogP contribution in [0.2, 0.25) is 5.02 Å². The lowest BCUT2D eigenvalue weighted by molar-refractivity contribution is -0.112. The third kappa shape index (κ3) is 3.47. The molecule has 0 radical (unpaired) electrons. The van der Waals surface area contributed by atoms with Crippen molar-refractivity contribution in [1.82, 2.24) is 9.97 Å². The van der Waals surface area contributed by atoms with Crippen molar-refractivity contribution >= 4 is 40.2 Å². The van der Waals surface area contributed by atoms with Crippen LogP contribution in [0.15, 0.2) is 48.3 Å². The number of fused-ring (bicyclic) bond motifs is 1. The van der Waals surface area contributed by atoms with Gasteiger partial charge < -0.3 is 15.0 Å². The van der Waals surface area contributed by atoms with Crippen LogP contribution in [0.3, 0.4) is 0 Å². The van der Waals surface area contributed by atoms with Gasteiger partial charge in [0.05, 0.1) is 24.0 Å². The smallest absolute Gasteiger partial charge is 0.266 e. The summed E-state index contributed by atoms with van der Waals surface area (Å²) in [4.78, 5) is 19.4. The minimum atomic E-state index is -0.532. The summed E-state index contributed by atoms with van der Waals surface area (Å²) >= 11 is 6.22. The lowest BCUT2D eigenvalue weighted by Crippen LogP contribution is -2.13. The lowest BCUT2D eigenvalue weighted by Gasteiger charge is -2.05. The summed E-state index contributed by atoms with van der Waals surface area (Å²) < 4.78 is 4.96. The number of H-pyrrole nitrogens is 1. The maximum atomic E-state index is 12.3. The minimum Gasteiger partial charge on any atom is -0.481 e. The Bertz CT molecular complexity index is 1000. The van der Waals surface area contributed by atoms with Crippen molar-refractivity contribution in [2.75, 3.05) is 12.4 Å². The maximum Gasteiger partial charge on any atom is 0.266 e. The van der Waals surface area contributed by atoms with Gasteiger partial charge in [0.15, 0.2) is 0 Å². The van der Waals surface area contributed by atoms with Gasteiger partial charge in [-0.3, -0.25) is 4.79 Å². The highest BCUT2D eigenvalue weighted by Gasteiger charge is 2.12. The second-order valence-corrected chi connectivity index (χ2v) is 5.53. The van der Waals surface area contributed by atoms with E-state index in [2.05, 4.69) is 15.3 Å². The Hall–Kier alpha value is -3.30. The molecule has 0 spiro atoms. The molecule has 0 unspecified atom stereocenters. The Morgan fingerprint density at radius 3 is 2.92 bits per heavy atom. The molecule has 0 saturated heterocycles. The zero-order valence-corrected chi connectivity index (χ0v) is 14.0. The van der Waals surface area contributed by atoms with Crippen molar-refractivity contribution in [3.8, 4) is 11.9 Å². The van der Waals surface area contributed by atoms with Crippen LogP contribution >= 0.6 is 11.6 Å². The monoisotopic (exact) mass is 352 g/mol. The number of halogens is 1. The van der Waals surface area contributed by atoms with Gasteiger partial charge in [-0.2, -0.15) is 5.26 Å². The number of nitrogens with one attached hydrogen (secondary N) is 2. The van der Waals surface area contributed by atoms with E-state index in [1.807, 2.05) is 18.2 Å². The SMILES string of the molecule is COc1ccc(NC(=O)C(C#N)=Cc2c[nH]c3cccc(Cl)c23)cn1. The molecule has 3 aromatic rings. The molecule has 1 aromatic carbocycles. The number of aromatic amines is 1. The van der Waals surface area contributed by atoms with E-state index in [0.29, 0.717) is 22.2 Å². The highest BCUT2D eigenvalue weighted by molar-refractivity contribution is 6.36. The molecule has 0 saturated carbocycles. The van der Waals surface area contributed by atoms with E-state index in [1.54, 1.807) is 24.4 Å². The third-order valence-corrected chi connectivity index (χ3v) is 3.87. The molecule has 1 amide bonds. The van der Waals surface area contributed by atoms with E-state index in [4.69, 9.17) is 16.3 Å². The quantitative estimate of drug-likeness (QED) is 0.552. The van der Waals surface area contributed by atoms with Crippen molar-refractivity contribution in [3.63, 3.8) is 0 Å². The molecule has 25 heavy (non-hydrogen) atoms. The zero-order chi connectivity index (χ0) is 17.8. The van der Waals surface area contributed by atoms with Gasteiger partial charge in [0.1, 0.15) is 11.6 Å². The topological polar surface area (TPSA) is 90.8 Å². The Morgan fingerprint density at radius 2 is 2.24 bits per heavy atom. The Balaban J connectivity index is 1.89. The van der Waals surface area contributed by atoms with Gasteiger partial charge in [0.2, 0.25) is 5.88 Å². The molecule has 0 aliphatic heterocycles. The fraction of sp³-hybridized carbons (Fsp3) is 0.0556. The fourth-order valence-corrected chi connectivity index (χ4v) is 2.64. The number of ether oxygens (including phenoxy) is 1. The first-order valence-corrected chi connectivity index (χ1v) is 7.69. The van der Waals surface area contributed by atoms with E-state index in [-0.39, 0.29) is 5.57 Å². The summed E-state index contributed by atoms with van der Waals surface area (Å²) in [5.41, 5.74) is 1.91. The molecule has 3 rings (SSSR count). The van der Waals surface area contributed by atoms with Crippen molar-refractivity contribution in [2.45, 2.75) is 0 Å². The van der Waals surface area contributed by atoms with E-state index in [0.717, 1.165) is 10.9 Å². The van der Waals surface area contributed by atoms with E-state index >= 15 is 0 Å². The Morgan fingerprint density at radius 1 is 1.40 bits per heavy atom. The summed E-state index contributed by atoms with van der Waals surface area (Å²) in [6.45, 7) is 0. The first-order chi connectivity index (χ1) is 12.1. The van der Waals surface area contributed by atoms with Gasteiger partial charge >= 0.3 is 0 Å². The number of methoxy groups -OCH3 is 1. The number of carbonyl (C=O) groups excluding carboxylic acids is 1. The molecular weight excluding hydrogens is 340 g/mol. The number of aromatic nitrogens is 2. The maximum absolute atomic E-state index is 12.3. The second kappa shape index (κ2) is 7.07. The van der Waals surface area contributed by atoms with Gasteiger partial charge in [-0.15, -0.1) is 0 Å². The molecule has 0 atom stereocenters. The molecule has 2 heterocycles. The van der Waals surface area contributed by atoms with E-state index in [1.165, 1.54) is 19.4 Å². The van der Waals surface area contributed by atoms with Crippen LogP contribution in [0, 0.1) is 11.3 Å². The summed E-state index contributed by atoms with van der Waals surface area (Å²) in [6.07, 6.45) is 4.65. The summed E-state index contributed by atoms with van der Waals surface area (Å²) in [5, 5.41) is 13.3. The lowest BCUT2D eigenvalue weighted by atomic mass is 10.1. The molecule has 2 N–H and O–H groups in total. The molecular formula is C18H13ClN4O2.